The van der Waals surface area contributed by atoms with Crippen LogP contribution in [0.3, 0.4) is 0 Å². The lowest BCUT2D eigenvalue weighted by atomic mass is 10.0. The summed E-state index contributed by atoms with van der Waals surface area (Å²) in [5, 5.41) is 3.22. The topological polar surface area (TPSA) is 38.3 Å². The maximum Gasteiger partial charge on any atom is 0.252 e. The monoisotopic (exact) mass is 291 g/mol. The predicted octanol–water partition coefficient (Wildman–Crippen LogP) is 3.16. The number of allylic oxidation sites excluding steroid dienone is 6. The predicted molar refractivity (Wildman–Crippen MR) is 85.4 cm³/mol. The Morgan fingerprint density at radius 2 is 2.00 bits per heavy atom. The van der Waals surface area contributed by atoms with Gasteiger partial charge in [0.25, 0.3) is 5.91 Å². The van der Waals surface area contributed by atoms with Crippen LogP contribution in [0.4, 0.5) is 0 Å². The van der Waals surface area contributed by atoms with Gasteiger partial charge < -0.3 is 10.1 Å². The van der Waals surface area contributed by atoms with Gasteiger partial charge in [-0.15, -0.1) is 0 Å². The van der Waals surface area contributed by atoms with Crippen LogP contribution in [-0.4, -0.2) is 13.0 Å². The Balaban J connectivity index is 1.58. The zero-order valence-corrected chi connectivity index (χ0v) is 12.4. The van der Waals surface area contributed by atoms with E-state index in [0.717, 1.165) is 40.9 Å². The van der Waals surface area contributed by atoms with Crippen LogP contribution in [0.2, 0.25) is 0 Å². The van der Waals surface area contributed by atoms with Crippen molar-refractivity contribution < 1.29 is 9.53 Å². The summed E-state index contributed by atoms with van der Waals surface area (Å²) in [4.78, 5) is 12.7. The summed E-state index contributed by atoms with van der Waals surface area (Å²) < 4.78 is 5.45. The number of hydrogen-bond donors (Lipinski definition) is 1. The summed E-state index contributed by atoms with van der Waals surface area (Å²) in [5.74, 6) is 0.825. The number of carbonyl (C=O) groups excluding carboxylic acids is 1. The number of benzene rings is 1. The molecule has 0 heterocycles. The molecule has 0 spiro atoms. The third-order valence-corrected chi connectivity index (χ3v) is 4.54. The Bertz CT molecular complexity index is 776. The molecule has 0 aliphatic heterocycles. The number of hydrogen-bond acceptors (Lipinski definition) is 2. The smallest absolute Gasteiger partial charge is 0.252 e. The van der Waals surface area contributed by atoms with E-state index in [0.29, 0.717) is 0 Å². The van der Waals surface area contributed by atoms with Crippen LogP contribution < -0.4 is 10.1 Å². The van der Waals surface area contributed by atoms with Gasteiger partial charge in [0.05, 0.1) is 12.6 Å². The largest absolute Gasteiger partial charge is 0.496 e. The van der Waals surface area contributed by atoms with E-state index in [9.17, 15) is 4.79 Å². The molecule has 1 aromatic carbocycles. The van der Waals surface area contributed by atoms with Crippen molar-refractivity contribution in [2.24, 2.45) is 0 Å². The zero-order chi connectivity index (χ0) is 15.2. The highest BCUT2D eigenvalue weighted by Gasteiger charge is 2.48. The van der Waals surface area contributed by atoms with Crippen LogP contribution in [0, 0.1) is 0 Å². The van der Waals surface area contributed by atoms with E-state index < -0.39 is 0 Å². The molecule has 3 nitrogen and oxygen atoms in total. The Labute approximate surface area is 129 Å². The van der Waals surface area contributed by atoms with E-state index in [2.05, 4.69) is 5.32 Å². The zero-order valence-electron chi connectivity index (χ0n) is 12.4. The van der Waals surface area contributed by atoms with E-state index in [1.54, 1.807) is 7.11 Å². The van der Waals surface area contributed by atoms with Gasteiger partial charge in [-0.25, -0.2) is 0 Å². The highest BCUT2D eigenvalue weighted by molar-refractivity contribution is 6.02. The molecule has 1 N–H and O–H groups in total. The number of fused-ring (bicyclic) bond motifs is 1. The van der Waals surface area contributed by atoms with Gasteiger partial charge in [0.1, 0.15) is 5.75 Å². The van der Waals surface area contributed by atoms with Gasteiger partial charge in [-0.1, -0.05) is 42.5 Å². The van der Waals surface area contributed by atoms with Gasteiger partial charge in [0.15, 0.2) is 0 Å². The third-order valence-electron chi connectivity index (χ3n) is 4.54. The molecular formula is C19H17NO2. The SMILES string of the molecule is COc1ccccc1C1(NC(=O)C2=CC=C3C=CC=C32)CC1. The quantitative estimate of drug-likeness (QED) is 0.925. The van der Waals surface area contributed by atoms with E-state index in [-0.39, 0.29) is 11.4 Å². The molecule has 3 heteroatoms. The molecule has 110 valence electrons. The van der Waals surface area contributed by atoms with Gasteiger partial charge in [-0.05, 0) is 36.1 Å². The van der Waals surface area contributed by atoms with Crippen molar-refractivity contribution in [3.05, 3.63) is 76.9 Å². The van der Waals surface area contributed by atoms with Crippen molar-refractivity contribution in [1.29, 1.82) is 0 Å². The first-order valence-corrected chi connectivity index (χ1v) is 7.51. The molecule has 1 fully saturated rings. The van der Waals surface area contributed by atoms with Crippen molar-refractivity contribution >= 4 is 5.91 Å². The number of ether oxygens (including phenoxy) is 1. The van der Waals surface area contributed by atoms with Crippen LogP contribution >= 0.6 is 0 Å². The number of para-hydroxylation sites is 1. The third kappa shape index (κ3) is 1.93. The first-order chi connectivity index (χ1) is 10.7. The minimum Gasteiger partial charge on any atom is -0.496 e. The van der Waals surface area contributed by atoms with Crippen LogP contribution in [0.5, 0.6) is 5.75 Å². The van der Waals surface area contributed by atoms with E-state index in [1.807, 2.05) is 54.6 Å². The minimum absolute atomic E-state index is 0.00962. The summed E-state index contributed by atoms with van der Waals surface area (Å²) in [6.07, 6.45) is 11.8. The molecule has 1 amide bonds. The minimum atomic E-state index is -0.278. The van der Waals surface area contributed by atoms with Crippen molar-refractivity contribution in [1.82, 2.24) is 5.32 Å². The molecule has 0 atom stereocenters. The van der Waals surface area contributed by atoms with Gasteiger partial charge in [0.2, 0.25) is 0 Å². The lowest BCUT2D eigenvalue weighted by Gasteiger charge is -2.21. The lowest BCUT2D eigenvalue weighted by molar-refractivity contribution is -0.118. The fourth-order valence-electron chi connectivity index (χ4n) is 3.20. The van der Waals surface area contributed by atoms with Crippen molar-refractivity contribution in [2.75, 3.05) is 7.11 Å². The molecular weight excluding hydrogens is 274 g/mol. The highest BCUT2D eigenvalue weighted by atomic mass is 16.5. The first kappa shape index (κ1) is 13.1. The van der Waals surface area contributed by atoms with Gasteiger partial charge in [0, 0.05) is 11.1 Å². The molecule has 0 saturated heterocycles. The summed E-state index contributed by atoms with van der Waals surface area (Å²) in [5.41, 5.74) is 3.68. The summed E-state index contributed by atoms with van der Waals surface area (Å²) in [7, 11) is 1.67. The maximum absolute atomic E-state index is 12.7. The molecule has 0 unspecified atom stereocenters. The molecule has 0 radical (unpaired) electrons. The van der Waals surface area contributed by atoms with E-state index in [1.165, 1.54) is 0 Å². The number of nitrogens with one attached hydrogen (secondary N) is 1. The Morgan fingerprint density at radius 3 is 2.77 bits per heavy atom. The van der Waals surface area contributed by atoms with Crippen LogP contribution in [0.1, 0.15) is 18.4 Å². The molecule has 3 aliphatic rings. The molecule has 0 aromatic heterocycles. The van der Waals surface area contributed by atoms with Crippen molar-refractivity contribution in [3.63, 3.8) is 0 Å². The summed E-state index contributed by atoms with van der Waals surface area (Å²) >= 11 is 0. The average Bonchev–Trinajstić information content (AvgIpc) is 2.97. The maximum atomic E-state index is 12.7. The molecule has 4 rings (SSSR count). The Hall–Kier alpha value is -2.55. The molecule has 0 bridgehead atoms. The van der Waals surface area contributed by atoms with Gasteiger partial charge >= 0.3 is 0 Å². The Kier molecular flexibility index (Phi) is 2.83. The summed E-state index contributed by atoms with van der Waals surface area (Å²) in [6.45, 7) is 0. The fraction of sp³-hybridized carbons (Fsp3) is 0.211. The highest BCUT2D eigenvalue weighted by Crippen LogP contribution is 2.49. The molecule has 3 aliphatic carbocycles. The second-order valence-electron chi connectivity index (χ2n) is 5.88. The average molecular weight is 291 g/mol. The second kappa shape index (κ2) is 4.73. The fourth-order valence-corrected chi connectivity index (χ4v) is 3.20. The lowest BCUT2D eigenvalue weighted by Crippen LogP contribution is -2.36. The van der Waals surface area contributed by atoms with Crippen molar-refractivity contribution in [3.8, 4) is 5.75 Å². The number of carbonyl (C=O) groups is 1. The number of amides is 1. The Morgan fingerprint density at radius 1 is 1.18 bits per heavy atom. The van der Waals surface area contributed by atoms with Crippen LogP contribution in [0.15, 0.2) is 71.4 Å². The number of rotatable bonds is 4. The first-order valence-electron chi connectivity index (χ1n) is 7.51. The van der Waals surface area contributed by atoms with E-state index in [4.69, 9.17) is 4.74 Å². The number of methoxy groups -OCH3 is 1. The summed E-state index contributed by atoms with van der Waals surface area (Å²) in [6, 6.07) is 7.92. The van der Waals surface area contributed by atoms with Crippen LogP contribution in [-0.2, 0) is 10.3 Å². The normalized spacial score (nSPS) is 20.0. The molecule has 1 saturated carbocycles. The van der Waals surface area contributed by atoms with Crippen LogP contribution in [0.25, 0.3) is 0 Å². The standard InChI is InChI=1S/C19H17NO2/c1-22-17-8-3-2-7-16(17)19(11-12-19)20-18(21)15-10-9-13-5-4-6-14(13)15/h2-10H,11-12H2,1H3,(H,20,21). The van der Waals surface area contributed by atoms with E-state index >= 15 is 0 Å². The molecule has 22 heavy (non-hydrogen) atoms. The second-order valence-corrected chi connectivity index (χ2v) is 5.88. The van der Waals surface area contributed by atoms with Gasteiger partial charge in [-0.2, -0.15) is 0 Å². The van der Waals surface area contributed by atoms with Gasteiger partial charge in [-0.3, -0.25) is 4.79 Å². The molecule has 1 aromatic rings. The van der Waals surface area contributed by atoms with Crippen molar-refractivity contribution in [2.45, 2.75) is 18.4 Å².